The molecule has 0 amide bonds. The Balaban J connectivity index is 2.52. The van der Waals surface area contributed by atoms with Crippen LogP contribution in [0.1, 0.15) is 84.4 Å². The van der Waals surface area contributed by atoms with Crippen LogP contribution in [0, 0.1) is 13.8 Å². The van der Waals surface area contributed by atoms with Gasteiger partial charge in [-0.3, -0.25) is 0 Å². The Hall–Kier alpha value is -0.860. The molecule has 0 aliphatic heterocycles. The minimum atomic E-state index is -0.0482. The summed E-state index contributed by atoms with van der Waals surface area (Å²) >= 11 is 9.56. The number of hydrogen-bond donors (Lipinski definition) is 2. The molecule has 0 bridgehead atoms. The van der Waals surface area contributed by atoms with E-state index in [0.29, 0.717) is 10.5 Å². The molecule has 2 unspecified atom stereocenters. The Labute approximate surface area is 165 Å². The fourth-order valence-corrected chi connectivity index (χ4v) is 3.94. The molecule has 25 heavy (non-hydrogen) atoms. The third-order valence-electron chi connectivity index (χ3n) is 5.49. The summed E-state index contributed by atoms with van der Waals surface area (Å²) in [6.07, 6.45) is 2.08. The fourth-order valence-electron chi connectivity index (χ4n) is 3.38. The van der Waals surface area contributed by atoms with Gasteiger partial charge in [0, 0.05) is 15.9 Å². The lowest BCUT2D eigenvalue weighted by Crippen LogP contribution is -2.20. The highest BCUT2D eigenvalue weighted by Gasteiger charge is 2.25. The molecule has 0 fully saturated rings. The zero-order chi connectivity index (χ0) is 18.8. The van der Waals surface area contributed by atoms with E-state index in [1.54, 1.807) is 0 Å². The normalized spacial score (nSPS) is 14.4. The molecule has 2 atom stereocenters. The topological polar surface area (TPSA) is 0 Å². The summed E-state index contributed by atoms with van der Waals surface area (Å²) in [6.45, 7) is 13.4. The van der Waals surface area contributed by atoms with Gasteiger partial charge in [0.05, 0.1) is 0 Å². The van der Waals surface area contributed by atoms with Gasteiger partial charge in [-0.25, -0.2) is 0 Å². The molecule has 0 nitrogen and oxygen atoms in total. The molecule has 2 aromatic rings. The van der Waals surface area contributed by atoms with Gasteiger partial charge >= 0.3 is 0 Å². The van der Waals surface area contributed by atoms with Gasteiger partial charge in [0.1, 0.15) is 0 Å². The van der Waals surface area contributed by atoms with Crippen molar-refractivity contribution < 1.29 is 0 Å². The second-order valence-electron chi connectivity index (χ2n) is 7.62. The first-order valence-electron chi connectivity index (χ1n) is 9.30. The second kappa shape index (κ2) is 8.22. The quantitative estimate of drug-likeness (QED) is 0.485. The van der Waals surface area contributed by atoms with Crippen molar-refractivity contribution in [2.75, 3.05) is 0 Å². The van der Waals surface area contributed by atoms with Crippen LogP contribution in [0.2, 0.25) is 0 Å². The molecule has 0 heterocycles. The van der Waals surface area contributed by atoms with Gasteiger partial charge in [-0.2, -0.15) is 25.3 Å². The third-order valence-corrected chi connectivity index (χ3v) is 6.78. The smallest absolute Gasteiger partial charge is 0.0267 e. The van der Waals surface area contributed by atoms with E-state index in [4.69, 9.17) is 25.3 Å². The van der Waals surface area contributed by atoms with Crippen LogP contribution in [0.15, 0.2) is 36.4 Å². The van der Waals surface area contributed by atoms with Gasteiger partial charge in [0.25, 0.3) is 0 Å². The van der Waals surface area contributed by atoms with Crippen LogP contribution in [-0.4, -0.2) is 0 Å². The summed E-state index contributed by atoms with van der Waals surface area (Å²) in [4.78, 5) is 0. The van der Waals surface area contributed by atoms with Crippen molar-refractivity contribution in [3.63, 3.8) is 0 Å². The second-order valence-corrected chi connectivity index (χ2v) is 8.86. The van der Waals surface area contributed by atoms with Gasteiger partial charge in [-0.05, 0) is 60.1 Å². The maximum atomic E-state index is 4.78. The van der Waals surface area contributed by atoms with Crippen molar-refractivity contribution in [3.8, 4) is 0 Å². The molecule has 2 rings (SSSR count). The van der Waals surface area contributed by atoms with E-state index in [9.17, 15) is 0 Å². The minimum Gasteiger partial charge on any atom is -0.171 e. The van der Waals surface area contributed by atoms with Crippen LogP contribution in [0.5, 0.6) is 0 Å². The predicted octanol–water partition coefficient (Wildman–Crippen LogP) is 7.39. The SMILES string of the molecule is CCC(S)c1cc(C(C)(C)c2ccc(C)c(C(S)CC)c2)ccc1C. The molecule has 136 valence electrons. The van der Waals surface area contributed by atoms with Crippen LogP contribution in [0.25, 0.3) is 0 Å². The molecule has 0 saturated carbocycles. The van der Waals surface area contributed by atoms with E-state index >= 15 is 0 Å². The number of aryl methyl sites for hydroxylation is 2. The molecule has 0 N–H and O–H groups in total. The van der Waals surface area contributed by atoms with Gasteiger partial charge in [0.2, 0.25) is 0 Å². The van der Waals surface area contributed by atoms with Crippen LogP contribution in [0.4, 0.5) is 0 Å². The van der Waals surface area contributed by atoms with E-state index in [1.165, 1.54) is 33.4 Å². The Bertz CT molecular complexity index is 669. The van der Waals surface area contributed by atoms with E-state index in [2.05, 4.69) is 77.9 Å². The van der Waals surface area contributed by atoms with Crippen LogP contribution < -0.4 is 0 Å². The van der Waals surface area contributed by atoms with Crippen molar-refractivity contribution in [3.05, 3.63) is 69.8 Å². The Morgan fingerprint density at radius 3 is 1.44 bits per heavy atom. The maximum absolute atomic E-state index is 4.78. The molecule has 0 spiro atoms. The highest BCUT2D eigenvalue weighted by Crippen LogP contribution is 2.38. The number of rotatable bonds is 6. The molecule has 0 aromatic heterocycles. The van der Waals surface area contributed by atoms with Gasteiger partial charge in [-0.15, -0.1) is 0 Å². The third kappa shape index (κ3) is 4.28. The van der Waals surface area contributed by atoms with Crippen molar-refractivity contribution in [2.45, 2.75) is 70.3 Å². The van der Waals surface area contributed by atoms with E-state index in [1.807, 2.05) is 0 Å². The summed E-state index contributed by atoms with van der Waals surface area (Å²) in [5.41, 5.74) is 8.01. The van der Waals surface area contributed by atoms with Gasteiger partial charge in [0.15, 0.2) is 0 Å². The lowest BCUT2D eigenvalue weighted by Gasteiger charge is -2.29. The van der Waals surface area contributed by atoms with E-state index < -0.39 is 0 Å². The fraction of sp³-hybridized carbons (Fsp3) is 0.478. The van der Waals surface area contributed by atoms with Gasteiger partial charge in [-0.1, -0.05) is 64.1 Å². The summed E-state index contributed by atoms with van der Waals surface area (Å²) in [6, 6.07) is 13.7. The lowest BCUT2D eigenvalue weighted by molar-refractivity contribution is 0.636. The van der Waals surface area contributed by atoms with Crippen molar-refractivity contribution in [2.24, 2.45) is 0 Å². The van der Waals surface area contributed by atoms with Crippen LogP contribution in [-0.2, 0) is 5.41 Å². The molecule has 0 saturated heterocycles. The molecule has 0 radical (unpaired) electrons. The highest BCUT2D eigenvalue weighted by atomic mass is 32.1. The van der Waals surface area contributed by atoms with Crippen LogP contribution >= 0.6 is 25.3 Å². The average molecular weight is 373 g/mol. The molecule has 0 aliphatic rings. The minimum absolute atomic E-state index is 0.0482. The molecule has 0 aliphatic carbocycles. The van der Waals surface area contributed by atoms with E-state index in [-0.39, 0.29) is 5.41 Å². The monoisotopic (exact) mass is 372 g/mol. The molecular weight excluding hydrogens is 340 g/mol. The van der Waals surface area contributed by atoms with Crippen LogP contribution in [0.3, 0.4) is 0 Å². The Morgan fingerprint density at radius 2 is 1.12 bits per heavy atom. The Morgan fingerprint density at radius 1 is 0.760 bits per heavy atom. The van der Waals surface area contributed by atoms with E-state index in [0.717, 1.165) is 12.8 Å². The first-order chi connectivity index (χ1) is 11.7. The van der Waals surface area contributed by atoms with Gasteiger partial charge < -0.3 is 0 Å². The molecule has 2 aromatic carbocycles. The summed E-state index contributed by atoms with van der Waals surface area (Å²) in [7, 11) is 0. The first-order valence-corrected chi connectivity index (χ1v) is 10.3. The summed E-state index contributed by atoms with van der Waals surface area (Å²) in [5.74, 6) is 0. The predicted molar refractivity (Wildman–Crippen MR) is 119 cm³/mol. The molecule has 2 heteroatoms. The summed E-state index contributed by atoms with van der Waals surface area (Å²) in [5, 5.41) is 0.595. The number of benzene rings is 2. The zero-order valence-electron chi connectivity index (χ0n) is 16.4. The average Bonchev–Trinajstić information content (AvgIpc) is 2.60. The molecular formula is C23H32S2. The lowest BCUT2D eigenvalue weighted by atomic mass is 9.76. The number of hydrogen-bond acceptors (Lipinski definition) is 2. The first kappa shape index (κ1) is 20.5. The van der Waals surface area contributed by atoms with Crippen molar-refractivity contribution in [1.82, 2.24) is 0 Å². The zero-order valence-corrected chi connectivity index (χ0v) is 18.2. The standard InChI is InChI=1S/C23H32S2/c1-7-21(24)19-13-17(11-9-15(19)3)23(5,6)18-12-10-16(4)20(14-18)22(25)8-2/h9-14,21-22,24-25H,7-8H2,1-6H3. The highest BCUT2D eigenvalue weighted by molar-refractivity contribution is 7.80. The summed E-state index contributed by atoms with van der Waals surface area (Å²) < 4.78 is 0. The van der Waals surface area contributed by atoms with Crippen molar-refractivity contribution >= 4 is 25.3 Å². The van der Waals surface area contributed by atoms with Crippen molar-refractivity contribution in [1.29, 1.82) is 0 Å². The number of thiol groups is 2. The maximum Gasteiger partial charge on any atom is 0.0267 e. The largest absolute Gasteiger partial charge is 0.171 e. The Kier molecular flexibility index (Phi) is 6.73.